The Kier molecular flexibility index (Phi) is 4.17. The molecule has 0 aliphatic rings. The molecule has 0 atom stereocenters. The first-order chi connectivity index (χ1) is 8.65. The van der Waals surface area contributed by atoms with E-state index >= 15 is 0 Å². The van der Waals surface area contributed by atoms with Gasteiger partial charge in [0.15, 0.2) is 0 Å². The summed E-state index contributed by atoms with van der Waals surface area (Å²) < 4.78 is 3.63. The molecule has 2 rings (SSSR count). The smallest absolute Gasteiger partial charge is 0.253 e. The fourth-order valence-corrected chi connectivity index (χ4v) is 2.24. The molecule has 4 nitrogen and oxygen atoms in total. The number of nitrogens with zero attached hydrogens (tertiary/aromatic N) is 3. The van der Waals surface area contributed by atoms with Crippen LogP contribution in [0.15, 0.2) is 52.5 Å². The maximum absolute atomic E-state index is 11.5. The number of hydrogen-bond donors (Lipinski definition) is 0. The minimum atomic E-state index is -0.0308. The highest BCUT2D eigenvalue weighted by atomic mass is 32.2. The Labute approximate surface area is 110 Å². The van der Waals surface area contributed by atoms with E-state index in [-0.39, 0.29) is 5.56 Å². The van der Waals surface area contributed by atoms with Gasteiger partial charge in [0.25, 0.3) is 5.56 Å². The average Bonchev–Trinajstić information content (AvgIpc) is 2.34. The average molecular weight is 261 g/mol. The highest BCUT2D eigenvalue weighted by Crippen LogP contribution is 2.19. The minimum absolute atomic E-state index is 0.0308. The van der Waals surface area contributed by atoms with Crippen LogP contribution in [0, 0.1) is 0 Å². The van der Waals surface area contributed by atoms with Crippen molar-refractivity contribution in [3.8, 4) is 0 Å². The summed E-state index contributed by atoms with van der Waals surface area (Å²) in [6, 6.07) is 9.65. The minimum Gasteiger partial charge on any atom is -0.295 e. The molecule has 0 saturated carbocycles. The first kappa shape index (κ1) is 12.9. The number of rotatable bonds is 4. The van der Waals surface area contributed by atoms with Crippen LogP contribution in [-0.4, -0.2) is 28.0 Å². The van der Waals surface area contributed by atoms with Crippen LogP contribution in [0.5, 0.6) is 0 Å². The van der Waals surface area contributed by atoms with Gasteiger partial charge < -0.3 is 0 Å². The Hall–Kier alpha value is -1.59. The van der Waals surface area contributed by atoms with Gasteiger partial charge in [0, 0.05) is 17.2 Å². The maximum atomic E-state index is 11.5. The Morgan fingerprint density at radius 2 is 1.94 bits per heavy atom. The SMILES string of the molecule is CN(C)Sc1ccc(Cn2cnccc2=O)cc1. The monoisotopic (exact) mass is 261 g/mol. The third kappa shape index (κ3) is 3.45. The summed E-state index contributed by atoms with van der Waals surface area (Å²) in [6.45, 7) is 0.555. The Balaban J connectivity index is 2.11. The molecule has 0 aliphatic heterocycles. The third-order valence-electron chi connectivity index (χ3n) is 2.36. The van der Waals surface area contributed by atoms with E-state index in [1.165, 1.54) is 17.2 Å². The van der Waals surface area contributed by atoms with Crippen LogP contribution in [0.2, 0.25) is 0 Å². The van der Waals surface area contributed by atoms with Gasteiger partial charge in [-0.2, -0.15) is 0 Å². The van der Waals surface area contributed by atoms with E-state index in [0.717, 1.165) is 5.56 Å². The summed E-state index contributed by atoms with van der Waals surface area (Å²) in [6.07, 6.45) is 3.07. The molecule has 0 aliphatic carbocycles. The zero-order chi connectivity index (χ0) is 13.0. The topological polar surface area (TPSA) is 38.1 Å². The molecule has 0 N–H and O–H groups in total. The van der Waals surface area contributed by atoms with Crippen LogP contribution in [0.25, 0.3) is 0 Å². The van der Waals surface area contributed by atoms with Crippen LogP contribution in [-0.2, 0) is 6.54 Å². The van der Waals surface area contributed by atoms with Crippen molar-refractivity contribution in [1.82, 2.24) is 13.9 Å². The first-order valence-corrected chi connectivity index (χ1v) is 6.37. The third-order valence-corrected chi connectivity index (χ3v) is 3.20. The van der Waals surface area contributed by atoms with Crippen molar-refractivity contribution in [3.63, 3.8) is 0 Å². The molecule has 18 heavy (non-hydrogen) atoms. The van der Waals surface area contributed by atoms with Crippen molar-refractivity contribution in [2.45, 2.75) is 11.4 Å². The maximum Gasteiger partial charge on any atom is 0.253 e. The fourth-order valence-electron chi connectivity index (χ4n) is 1.56. The second-order valence-corrected chi connectivity index (χ2v) is 5.48. The fraction of sp³-hybridized carbons (Fsp3) is 0.231. The molecule has 0 amide bonds. The number of aromatic nitrogens is 2. The van der Waals surface area contributed by atoms with Crippen molar-refractivity contribution >= 4 is 11.9 Å². The van der Waals surface area contributed by atoms with Gasteiger partial charge in [-0.25, -0.2) is 4.98 Å². The second kappa shape index (κ2) is 5.84. The van der Waals surface area contributed by atoms with Gasteiger partial charge in [-0.3, -0.25) is 13.7 Å². The van der Waals surface area contributed by atoms with E-state index in [1.807, 2.05) is 30.5 Å². The van der Waals surface area contributed by atoms with Crippen molar-refractivity contribution < 1.29 is 0 Å². The van der Waals surface area contributed by atoms with Crippen molar-refractivity contribution in [2.24, 2.45) is 0 Å². The molecular weight excluding hydrogens is 246 g/mol. The molecule has 0 unspecified atom stereocenters. The lowest BCUT2D eigenvalue weighted by atomic mass is 10.2. The lowest BCUT2D eigenvalue weighted by Gasteiger charge is -2.09. The predicted octanol–water partition coefficient (Wildman–Crippen LogP) is 1.86. The molecule has 0 saturated heterocycles. The van der Waals surface area contributed by atoms with Crippen LogP contribution in [0.1, 0.15) is 5.56 Å². The summed E-state index contributed by atoms with van der Waals surface area (Å²) >= 11 is 1.67. The molecular formula is C13H15N3OS. The summed E-state index contributed by atoms with van der Waals surface area (Å²) in [7, 11) is 4.02. The Morgan fingerprint density at radius 1 is 1.22 bits per heavy atom. The standard InChI is InChI=1S/C13H15N3OS/c1-15(2)18-12-5-3-11(4-6-12)9-16-10-14-8-7-13(16)17/h3-8,10H,9H2,1-2H3. The summed E-state index contributed by atoms with van der Waals surface area (Å²) in [5.41, 5.74) is 1.06. The largest absolute Gasteiger partial charge is 0.295 e. The summed E-state index contributed by atoms with van der Waals surface area (Å²) in [5, 5.41) is 0. The highest BCUT2D eigenvalue weighted by Gasteiger charge is 1.99. The molecule has 0 fully saturated rings. The van der Waals surface area contributed by atoms with Gasteiger partial charge in [0.1, 0.15) is 0 Å². The van der Waals surface area contributed by atoms with Crippen LogP contribution >= 0.6 is 11.9 Å². The molecule has 0 bridgehead atoms. The quantitative estimate of drug-likeness (QED) is 0.787. The van der Waals surface area contributed by atoms with E-state index < -0.39 is 0 Å². The Morgan fingerprint density at radius 3 is 2.56 bits per heavy atom. The van der Waals surface area contributed by atoms with Gasteiger partial charge >= 0.3 is 0 Å². The van der Waals surface area contributed by atoms with Crippen LogP contribution in [0.3, 0.4) is 0 Å². The molecule has 1 aromatic heterocycles. The zero-order valence-electron chi connectivity index (χ0n) is 10.4. The normalized spacial score (nSPS) is 10.8. The van der Waals surface area contributed by atoms with Crippen LogP contribution < -0.4 is 5.56 Å². The van der Waals surface area contributed by atoms with E-state index in [2.05, 4.69) is 17.1 Å². The van der Waals surface area contributed by atoms with E-state index in [9.17, 15) is 4.79 Å². The summed E-state index contributed by atoms with van der Waals surface area (Å²) in [5.74, 6) is 0. The summed E-state index contributed by atoms with van der Waals surface area (Å²) in [4.78, 5) is 16.7. The molecule has 2 aromatic rings. The zero-order valence-corrected chi connectivity index (χ0v) is 11.2. The molecule has 0 radical (unpaired) electrons. The lowest BCUT2D eigenvalue weighted by molar-refractivity contribution is 0.702. The van der Waals surface area contributed by atoms with Crippen molar-refractivity contribution in [2.75, 3.05) is 14.1 Å². The molecule has 1 aromatic carbocycles. The lowest BCUT2D eigenvalue weighted by Crippen LogP contribution is -2.19. The van der Waals surface area contributed by atoms with Gasteiger partial charge in [-0.15, -0.1) is 0 Å². The number of benzene rings is 1. The van der Waals surface area contributed by atoms with E-state index in [1.54, 1.807) is 22.8 Å². The molecule has 0 spiro atoms. The molecule has 5 heteroatoms. The van der Waals surface area contributed by atoms with Crippen molar-refractivity contribution in [1.29, 1.82) is 0 Å². The van der Waals surface area contributed by atoms with Gasteiger partial charge in [0.2, 0.25) is 0 Å². The Bertz CT molecular complexity index is 563. The van der Waals surface area contributed by atoms with Crippen molar-refractivity contribution in [3.05, 3.63) is 58.8 Å². The second-order valence-electron chi connectivity index (χ2n) is 4.09. The van der Waals surface area contributed by atoms with Gasteiger partial charge in [-0.1, -0.05) is 12.1 Å². The van der Waals surface area contributed by atoms with Gasteiger partial charge in [0.05, 0.1) is 12.9 Å². The van der Waals surface area contributed by atoms with Gasteiger partial charge in [-0.05, 0) is 43.7 Å². The highest BCUT2D eigenvalue weighted by molar-refractivity contribution is 7.97. The first-order valence-electron chi connectivity index (χ1n) is 5.60. The number of hydrogen-bond acceptors (Lipinski definition) is 4. The van der Waals surface area contributed by atoms with E-state index in [4.69, 9.17) is 0 Å². The molecule has 94 valence electrons. The predicted molar refractivity (Wildman–Crippen MR) is 73.6 cm³/mol. The molecule has 1 heterocycles. The van der Waals surface area contributed by atoms with Crippen LogP contribution in [0.4, 0.5) is 0 Å². The van der Waals surface area contributed by atoms with E-state index in [0.29, 0.717) is 6.54 Å².